The number of urea groups is 1. The summed E-state index contributed by atoms with van der Waals surface area (Å²) in [6.45, 7) is 3.12. The van der Waals surface area contributed by atoms with Crippen LogP contribution in [0.4, 0.5) is 4.79 Å². The minimum absolute atomic E-state index is 0.199. The maximum absolute atomic E-state index is 12.5. The Morgan fingerprint density at radius 2 is 2.04 bits per heavy atom. The van der Waals surface area contributed by atoms with Gasteiger partial charge in [-0.2, -0.15) is 0 Å². The van der Waals surface area contributed by atoms with Gasteiger partial charge < -0.3 is 15.2 Å². The van der Waals surface area contributed by atoms with E-state index in [1.807, 2.05) is 37.3 Å². The standard InChI is InChI=1S/C20H21ClN4O2/c1-2-25(20(27)22-11-10-14-6-5-7-15(21)12-14)13-18-23-17-9-4-3-8-16(17)19(26)24-18/h3-9,12H,2,10-11,13H2,1H3,(H,22,27)(H,23,24,26). The Kier molecular flexibility index (Phi) is 6.08. The number of amides is 2. The van der Waals surface area contributed by atoms with E-state index in [0.29, 0.717) is 41.3 Å². The first-order chi connectivity index (χ1) is 13.1. The molecule has 0 aliphatic carbocycles. The molecule has 0 radical (unpaired) electrons. The summed E-state index contributed by atoms with van der Waals surface area (Å²) >= 11 is 5.97. The lowest BCUT2D eigenvalue weighted by molar-refractivity contribution is 0.197. The first-order valence-electron chi connectivity index (χ1n) is 8.82. The number of nitrogens with one attached hydrogen (secondary N) is 2. The Morgan fingerprint density at radius 1 is 1.22 bits per heavy atom. The molecule has 0 unspecified atom stereocenters. The van der Waals surface area contributed by atoms with Gasteiger partial charge in [-0.15, -0.1) is 0 Å². The number of H-pyrrole nitrogens is 1. The van der Waals surface area contributed by atoms with Crippen molar-refractivity contribution in [1.82, 2.24) is 20.2 Å². The van der Waals surface area contributed by atoms with Crippen molar-refractivity contribution in [3.05, 3.63) is 75.3 Å². The van der Waals surface area contributed by atoms with Crippen LogP contribution < -0.4 is 10.9 Å². The molecule has 27 heavy (non-hydrogen) atoms. The molecule has 0 aliphatic heterocycles. The van der Waals surface area contributed by atoms with Gasteiger partial charge in [0, 0.05) is 18.1 Å². The Hall–Kier alpha value is -2.86. The van der Waals surface area contributed by atoms with Gasteiger partial charge in [0.25, 0.3) is 5.56 Å². The van der Waals surface area contributed by atoms with Crippen LogP contribution in [0.2, 0.25) is 5.02 Å². The number of fused-ring (bicyclic) bond motifs is 1. The summed E-state index contributed by atoms with van der Waals surface area (Å²) in [5, 5.41) is 4.12. The molecule has 0 spiro atoms. The number of para-hydroxylation sites is 1. The summed E-state index contributed by atoms with van der Waals surface area (Å²) in [6, 6.07) is 14.5. The van der Waals surface area contributed by atoms with Crippen LogP contribution in [0.5, 0.6) is 0 Å². The molecule has 140 valence electrons. The zero-order chi connectivity index (χ0) is 19.2. The van der Waals surface area contributed by atoms with Gasteiger partial charge >= 0.3 is 6.03 Å². The highest BCUT2D eigenvalue weighted by Crippen LogP contribution is 2.11. The number of carbonyl (C=O) groups is 1. The molecule has 3 aromatic rings. The van der Waals surface area contributed by atoms with Crippen LogP contribution >= 0.6 is 11.6 Å². The van der Waals surface area contributed by atoms with E-state index in [-0.39, 0.29) is 18.1 Å². The van der Waals surface area contributed by atoms with Gasteiger partial charge in [0.05, 0.1) is 17.4 Å². The number of benzene rings is 2. The molecule has 2 amide bonds. The molecule has 0 bridgehead atoms. The highest BCUT2D eigenvalue weighted by Gasteiger charge is 2.14. The summed E-state index contributed by atoms with van der Waals surface area (Å²) in [5.74, 6) is 0.463. The summed E-state index contributed by atoms with van der Waals surface area (Å²) in [5.41, 5.74) is 1.48. The summed E-state index contributed by atoms with van der Waals surface area (Å²) < 4.78 is 0. The van der Waals surface area contributed by atoms with E-state index in [1.54, 1.807) is 23.1 Å². The molecule has 0 saturated heterocycles. The maximum atomic E-state index is 12.5. The van der Waals surface area contributed by atoms with Crippen molar-refractivity contribution in [2.24, 2.45) is 0 Å². The quantitative estimate of drug-likeness (QED) is 0.684. The van der Waals surface area contributed by atoms with E-state index in [2.05, 4.69) is 15.3 Å². The molecule has 1 aromatic heterocycles. The lowest BCUT2D eigenvalue weighted by Gasteiger charge is -2.21. The molecule has 0 saturated carbocycles. The number of rotatable bonds is 6. The largest absolute Gasteiger partial charge is 0.338 e. The lowest BCUT2D eigenvalue weighted by Crippen LogP contribution is -2.40. The van der Waals surface area contributed by atoms with Crippen LogP contribution in [0.25, 0.3) is 10.9 Å². The number of hydrogen-bond acceptors (Lipinski definition) is 3. The Bertz CT molecular complexity index is 1000. The fourth-order valence-corrected chi connectivity index (χ4v) is 3.05. The monoisotopic (exact) mass is 384 g/mol. The molecular weight excluding hydrogens is 364 g/mol. The second kappa shape index (κ2) is 8.68. The van der Waals surface area contributed by atoms with Gasteiger partial charge in [0.2, 0.25) is 0 Å². The second-order valence-corrected chi connectivity index (χ2v) is 6.59. The minimum atomic E-state index is -0.201. The van der Waals surface area contributed by atoms with Gasteiger partial charge in [0.1, 0.15) is 5.82 Å². The van der Waals surface area contributed by atoms with Crippen LogP contribution in [0.1, 0.15) is 18.3 Å². The van der Waals surface area contributed by atoms with E-state index in [9.17, 15) is 9.59 Å². The molecular formula is C20H21ClN4O2. The number of aromatic amines is 1. The van der Waals surface area contributed by atoms with E-state index in [4.69, 9.17) is 11.6 Å². The maximum Gasteiger partial charge on any atom is 0.317 e. The van der Waals surface area contributed by atoms with Crippen molar-refractivity contribution in [2.45, 2.75) is 19.9 Å². The van der Waals surface area contributed by atoms with Gasteiger partial charge in [-0.25, -0.2) is 9.78 Å². The molecule has 1 heterocycles. The third kappa shape index (κ3) is 4.86. The Morgan fingerprint density at radius 3 is 2.81 bits per heavy atom. The highest BCUT2D eigenvalue weighted by molar-refractivity contribution is 6.30. The Labute approximate surface area is 162 Å². The first kappa shape index (κ1) is 18.9. The number of halogens is 1. The summed E-state index contributed by atoms with van der Waals surface area (Å²) in [6.07, 6.45) is 0.689. The molecule has 0 aliphatic rings. The molecule has 6 nitrogen and oxygen atoms in total. The highest BCUT2D eigenvalue weighted by atomic mass is 35.5. The SMILES string of the molecule is CCN(Cc1nc2ccccc2c(=O)[nH]1)C(=O)NCCc1cccc(Cl)c1. The summed E-state index contributed by atoms with van der Waals surface area (Å²) in [7, 11) is 0. The van der Waals surface area contributed by atoms with Crippen LogP contribution in [-0.2, 0) is 13.0 Å². The van der Waals surface area contributed by atoms with Crippen molar-refractivity contribution in [3.8, 4) is 0 Å². The van der Waals surface area contributed by atoms with Gasteiger partial charge in [-0.1, -0.05) is 35.9 Å². The lowest BCUT2D eigenvalue weighted by atomic mass is 10.1. The van der Waals surface area contributed by atoms with E-state index < -0.39 is 0 Å². The molecule has 2 N–H and O–H groups in total. The van der Waals surface area contributed by atoms with Crippen LogP contribution in [0, 0.1) is 0 Å². The van der Waals surface area contributed by atoms with Crippen LogP contribution in [0.3, 0.4) is 0 Å². The second-order valence-electron chi connectivity index (χ2n) is 6.16. The zero-order valence-corrected chi connectivity index (χ0v) is 15.8. The molecule has 0 fully saturated rings. The van der Waals surface area contributed by atoms with Crippen molar-refractivity contribution >= 4 is 28.5 Å². The van der Waals surface area contributed by atoms with E-state index >= 15 is 0 Å². The molecule has 7 heteroatoms. The first-order valence-corrected chi connectivity index (χ1v) is 9.19. The smallest absolute Gasteiger partial charge is 0.317 e. The number of carbonyl (C=O) groups excluding carboxylic acids is 1. The van der Waals surface area contributed by atoms with Crippen molar-refractivity contribution in [1.29, 1.82) is 0 Å². The molecule has 0 atom stereocenters. The molecule has 2 aromatic carbocycles. The van der Waals surface area contributed by atoms with Crippen molar-refractivity contribution < 1.29 is 4.79 Å². The normalized spacial score (nSPS) is 10.7. The summed E-state index contributed by atoms with van der Waals surface area (Å²) in [4.78, 5) is 33.4. The van der Waals surface area contributed by atoms with E-state index in [0.717, 1.165) is 5.56 Å². The third-order valence-corrected chi connectivity index (χ3v) is 4.49. The topological polar surface area (TPSA) is 78.1 Å². The molecule has 3 rings (SSSR count). The zero-order valence-electron chi connectivity index (χ0n) is 15.0. The van der Waals surface area contributed by atoms with Crippen LogP contribution in [-0.4, -0.2) is 34.0 Å². The van der Waals surface area contributed by atoms with Crippen LogP contribution in [0.15, 0.2) is 53.3 Å². The predicted molar refractivity (Wildman–Crippen MR) is 107 cm³/mol. The average molecular weight is 385 g/mol. The Balaban J connectivity index is 1.62. The number of hydrogen-bond donors (Lipinski definition) is 2. The van der Waals surface area contributed by atoms with E-state index in [1.165, 1.54) is 0 Å². The fourth-order valence-electron chi connectivity index (χ4n) is 2.84. The fraction of sp³-hybridized carbons (Fsp3) is 0.250. The van der Waals surface area contributed by atoms with Gasteiger partial charge in [-0.05, 0) is 43.2 Å². The number of nitrogens with zero attached hydrogens (tertiary/aromatic N) is 2. The van der Waals surface area contributed by atoms with Gasteiger partial charge in [-0.3, -0.25) is 4.79 Å². The minimum Gasteiger partial charge on any atom is -0.338 e. The average Bonchev–Trinajstić information content (AvgIpc) is 2.66. The number of aromatic nitrogens is 2. The van der Waals surface area contributed by atoms with Crippen molar-refractivity contribution in [2.75, 3.05) is 13.1 Å². The third-order valence-electron chi connectivity index (χ3n) is 4.25. The predicted octanol–water partition coefficient (Wildman–Crippen LogP) is 3.35. The van der Waals surface area contributed by atoms with Crippen molar-refractivity contribution in [3.63, 3.8) is 0 Å². The van der Waals surface area contributed by atoms with Gasteiger partial charge in [0.15, 0.2) is 0 Å².